The average Bonchev–Trinajstić information content (AvgIpc) is 3.08. The molecule has 0 unspecified atom stereocenters. The van der Waals surface area contributed by atoms with E-state index in [0.29, 0.717) is 5.92 Å². The van der Waals surface area contributed by atoms with Crippen molar-refractivity contribution in [2.45, 2.75) is 18.4 Å². The molecular weight excluding hydrogens is 204 g/mol. The van der Waals surface area contributed by atoms with Crippen LogP contribution in [0.15, 0.2) is 0 Å². The lowest BCUT2D eigenvalue weighted by molar-refractivity contribution is -0.115. The molecule has 92 valence electrons. The number of nitrogens with zero attached hydrogens (tertiary/aromatic N) is 2. The molecular formula is C12H22N2O2. The topological polar surface area (TPSA) is 35.9 Å². The van der Waals surface area contributed by atoms with Crippen molar-refractivity contribution in [3.05, 3.63) is 0 Å². The molecule has 0 amide bonds. The minimum atomic E-state index is -0.314. The first-order valence-corrected chi connectivity index (χ1v) is 6.51. The van der Waals surface area contributed by atoms with E-state index in [0.717, 1.165) is 52.5 Å². The van der Waals surface area contributed by atoms with Crippen LogP contribution < -0.4 is 0 Å². The molecule has 0 aromatic rings. The molecule has 0 radical (unpaired) electrons. The number of β-amino-alcohol motifs (C(OH)–C–C–N with tert-alkyl or cyclic N) is 1. The van der Waals surface area contributed by atoms with E-state index in [2.05, 4.69) is 9.80 Å². The van der Waals surface area contributed by atoms with E-state index >= 15 is 0 Å². The van der Waals surface area contributed by atoms with Gasteiger partial charge < -0.3 is 9.84 Å². The van der Waals surface area contributed by atoms with Crippen molar-refractivity contribution in [1.82, 2.24) is 9.80 Å². The fraction of sp³-hybridized carbons (Fsp3) is 1.00. The molecule has 2 saturated heterocycles. The number of hydrogen-bond acceptors (Lipinski definition) is 4. The Morgan fingerprint density at radius 3 is 2.31 bits per heavy atom. The van der Waals surface area contributed by atoms with Gasteiger partial charge in [0, 0.05) is 39.3 Å². The van der Waals surface area contributed by atoms with Crippen molar-refractivity contribution in [1.29, 1.82) is 0 Å². The van der Waals surface area contributed by atoms with Crippen LogP contribution in [0.5, 0.6) is 0 Å². The fourth-order valence-corrected chi connectivity index (χ4v) is 2.87. The van der Waals surface area contributed by atoms with Crippen molar-refractivity contribution in [3.8, 4) is 0 Å². The van der Waals surface area contributed by atoms with Gasteiger partial charge in [-0.25, -0.2) is 0 Å². The molecule has 0 spiro atoms. The van der Waals surface area contributed by atoms with Crippen LogP contribution in [-0.4, -0.2) is 73.0 Å². The summed E-state index contributed by atoms with van der Waals surface area (Å²) in [6.07, 6.45) is 2.49. The molecule has 3 aliphatic rings. The van der Waals surface area contributed by atoms with Crippen LogP contribution in [-0.2, 0) is 4.74 Å². The van der Waals surface area contributed by atoms with E-state index in [1.807, 2.05) is 0 Å². The summed E-state index contributed by atoms with van der Waals surface area (Å²) in [5, 5.41) is 10.2. The molecule has 16 heavy (non-hydrogen) atoms. The monoisotopic (exact) mass is 226 g/mol. The van der Waals surface area contributed by atoms with E-state index in [9.17, 15) is 5.11 Å². The maximum absolute atomic E-state index is 10.2. The van der Waals surface area contributed by atoms with Crippen LogP contribution in [0.3, 0.4) is 0 Å². The molecule has 4 nitrogen and oxygen atoms in total. The number of likely N-dealkylation sites (tertiary alicyclic amines) is 1. The summed E-state index contributed by atoms with van der Waals surface area (Å²) in [5.41, 5.74) is -0.314. The van der Waals surface area contributed by atoms with E-state index in [1.165, 1.54) is 12.8 Å². The molecule has 1 N–H and O–H groups in total. The van der Waals surface area contributed by atoms with Crippen LogP contribution in [0.2, 0.25) is 0 Å². The highest BCUT2D eigenvalue weighted by atomic mass is 16.5. The summed E-state index contributed by atoms with van der Waals surface area (Å²) in [6.45, 7) is 7.95. The molecule has 1 saturated carbocycles. The Bertz CT molecular complexity index is 243. The maximum Gasteiger partial charge on any atom is 0.0928 e. The lowest BCUT2D eigenvalue weighted by Gasteiger charge is -2.47. The second-order valence-corrected chi connectivity index (χ2v) is 5.54. The predicted molar refractivity (Wildman–Crippen MR) is 61.4 cm³/mol. The van der Waals surface area contributed by atoms with E-state index < -0.39 is 0 Å². The second-order valence-electron chi connectivity index (χ2n) is 5.54. The van der Waals surface area contributed by atoms with E-state index in [1.54, 1.807) is 0 Å². The molecule has 4 heteroatoms. The van der Waals surface area contributed by atoms with Gasteiger partial charge in [-0.3, -0.25) is 9.80 Å². The summed E-state index contributed by atoms with van der Waals surface area (Å²) < 4.78 is 5.32. The molecule has 3 fully saturated rings. The van der Waals surface area contributed by atoms with E-state index in [4.69, 9.17) is 4.74 Å². The highest BCUT2D eigenvalue weighted by molar-refractivity contribution is 5.05. The minimum Gasteiger partial charge on any atom is -0.387 e. The Morgan fingerprint density at radius 1 is 1.06 bits per heavy atom. The molecule has 0 bridgehead atoms. The Labute approximate surface area is 97.2 Å². The Hall–Kier alpha value is -0.160. The number of rotatable bonds is 4. The Morgan fingerprint density at radius 2 is 1.69 bits per heavy atom. The SMILES string of the molecule is OC1(C2CC2)CN(CCN2CCOCC2)C1. The zero-order valence-electron chi connectivity index (χ0n) is 9.90. The number of morpholine rings is 1. The summed E-state index contributed by atoms with van der Waals surface area (Å²) in [6, 6.07) is 0. The van der Waals surface area contributed by atoms with Gasteiger partial charge in [0.15, 0.2) is 0 Å². The number of aliphatic hydroxyl groups is 1. The zero-order chi connectivity index (χ0) is 11.0. The quantitative estimate of drug-likeness (QED) is 0.719. The highest BCUT2D eigenvalue weighted by Crippen LogP contribution is 2.44. The Kier molecular flexibility index (Phi) is 2.92. The van der Waals surface area contributed by atoms with Gasteiger partial charge >= 0.3 is 0 Å². The predicted octanol–water partition coefficient (Wildman–Crippen LogP) is -0.225. The summed E-state index contributed by atoms with van der Waals surface area (Å²) in [7, 11) is 0. The maximum atomic E-state index is 10.2. The van der Waals surface area contributed by atoms with E-state index in [-0.39, 0.29) is 5.60 Å². The van der Waals surface area contributed by atoms with Crippen LogP contribution in [0.1, 0.15) is 12.8 Å². The molecule has 0 aromatic heterocycles. The van der Waals surface area contributed by atoms with Crippen LogP contribution >= 0.6 is 0 Å². The first-order chi connectivity index (χ1) is 7.76. The van der Waals surface area contributed by atoms with Gasteiger partial charge in [0.1, 0.15) is 0 Å². The third-order valence-corrected chi connectivity index (χ3v) is 4.17. The largest absolute Gasteiger partial charge is 0.387 e. The van der Waals surface area contributed by atoms with Gasteiger partial charge in [-0.15, -0.1) is 0 Å². The third kappa shape index (κ3) is 2.25. The number of hydrogen-bond donors (Lipinski definition) is 1. The lowest BCUT2D eigenvalue weighted by atomic mass is 9.89. The average molecular weight is 226 g/mol. The highest BCUT2D eigenvalue weighted by Gasteiger charge is 2.51. The normalized spacial score (nSPS) is 31.3. The van der Waals surface area contributed by atoms with Gasteiger partial charge in [0.05, 0.1) is 18.8 Å². The molecule has 0 atom stereocenters. The molecule has 2 heterocycles. The summed E-state index contributed by atoms with van der Waals surface area (Å²) >= 11 is 0. The van der Waals surface area contributed by atoms with Gasteiger partial charge in [-0.1, -0.05) is 0 Å². The molecule has 1 aliphatic carbocycles. The van der Waals surface area contributed by atoms with Crippen LogP contribution in [0.25, 0.3) is 0 Å². The minimum absolute atomic E-state index is 0.314. The van der Waals surface area contributed by atoms with Crippen LogP contribution in [0, 0.1) is 5.92 Å². The van der Waals surface area contributed by atoms with Crippen molar-refractivity contribution < 1.29 is 9.84 Å². The Balaban J connectivity index is 1.34. The van der Waals surface area contributed by atoms with Crippen molar-refractivity contribution >= 4 is 0 Å². The van der Waals surface area contributed by atoms with Gasteiger partial charge in [0.25, 0.3) is 0 Å². The molecule has 0 aromatic carbocycles. The smallest absolute Gasteiger partial charge is 0.0928 e. The number of ether oxygens (including phenoxy) is 1. The lowest BCUT2D eigenvalue weighted by Crippen LogP contribution is -2.64. The van der Waals surface area contributed by atoms with Crippen molar-refractivity contribution in [2.75, 3.05) is 52.5 Å². The standard InChI is InChI=1S/C12H22N2O2/c15-12(11-1-2-11)9-14(10-12)4-3-13-5-7-16-8-6-13/h11,15H,1-10H2. The van der Waals surface area contributed by atoms with Crippen molar-refractivity contribution in [2.24, 2.45) is 5.92 Å². The first kappa shape index (κ1) is 11.0. The zero-order valence-corrected chi connectivity index (χ0v) is 9.90. The van der Waals surface area contributed by atoms with Crippen LogP contribution in [0.4, 0.5) is 0 Å². The van der Waals surface area contributed by atoms with Gasteiger partial charge in [0.2, 0.25) is 0 Å². The summed E-state index contributed by atoms with van der Waals surface area (Å²) in [4.78, 5) is 4.84. The van der Waals surface area contributed by atoms with Gasteiger partial charge in [-0.05, 0) is 18.8 Å². The third-order valence-electron chi connectivity index (χ3n) is 4.17. The summed E-state index contributed by atoms with van der Waals surface area (Å²) in [5.74, 6) is 0.618. The molecule has 3 rings (SSSR count). The first-order valence-electron chi connectivity index (χ1n) is 6.51. The fourth-order valence-electron chi connectivity index (χ4n) is 2.87. The van der Waals surface area contributed by atoms with Gasteiger partial charge in [-0.2, -0.15) is 0 Å². The second kappa shape index (κ2) is 4.26. The van der Waals surface area contributed by atoms with Crippen molar-refractivity contribution in [3.63, 3.8) is 0 Å². The molecule has 2 aliphatic heterocycles.